The van der Waals surface area contributed by atoms with Crippen molar-refractivity contribution in [2.45, 2.75) is 6.92 Å². The first kappa shape index (κ1) is 24.0. The summed E-state index contributed by atoms with van der Waals surface area (Å²) in [5.74, 6) is 1.17. The summed E-state index contributed by atoms with van der Waals surface area (Å²) in [5, 5.41) is 1.08. The van der Waals surface area contributed by atoms with Gasteiger partial charge in [0.15, 0.2) is 0 Å². The topological polar surface area (TPSA) is 54.0 Å². The van der Waals surface area contributed by atoms with E-state index in [0.29, 0.717) is 34.0 Å². The number of hydrogen-bond acceptors (Lipinski definition) is 5. The predicted octanol–water partition coefficient (Wildman–Crippen LogP) is 3.81. The van der Waals surface area contributed by atoms with Gasteiger partial charge in [-0.15, -0.1) is 0 Å². The largest absolute Gasteiger partial charge is 0.497 e. The third kappa shape index (κ3) is 5.96. The van der Waals surface area contributed by atoms with Gasteiger partial charge in [-0.1, -0.05) is 23.7 Å². The molecule has 0 bridgehead atoms. The quantitative estimate of drug-likeness (QED) is 0.362. The Morgan fingerprint density at radius 2 is 1.81 bits per heavy atom. The van der Waals surface area contributed by atoms with Crippen LogP contribution in [-0.4, -0.2) is 58.9 Å². The summed E-state index contributed by atoms with van der Waals surface area (Å²) in [6.07, 6.45) is 0. The summed E-state index contributed by atoms with van der Waals surface area (Å²) in [5.41, 5.74) is 1.11. The number of hydrogen-bond donors (Lipinski definition) is 0. The molecule has 0 aromatic heterocycles. The van der Waals surface area contributed by atoms with Gasteiger partial charge in [0.25, 0.3) is 0 Å². The zero-order valence-corrected chi connectivity index (χ0v) is 17.9. The van der Waals surface area contributed by atoms with Gasteiger partial charge in [0.05, 0.1) is 37.8 Å². The minimum absolute atomic E-state index is 0. The second-order valence-corrected chi connectivity index (χ2v) is 7.54. The zero-order chi connectivity index (χ0) is 19.1. The smallest absolute Gasteiger partial charge is 0.218 e. The normalized spacial score (nSPS) is 11.4. The number of aryl methyl sites for hydroxylation is 1. The Labute approximate surface area is 178 Å². The molecule has 27 heavy (non-hydrogen) atoms. The second-order valence-electron chi connectivity index (χ2n) is 5.40. The van der Waals surface area contributed by atoms with E-state index in [9.17, 15) is 4.79 Å². The first-order chi connectivity index (χ1) is 12.5. The molecule has 2 aromatic carbocycles. The number of rotatable bonds is 9. The summed E-state index contributed by atoms with van der Waals surface area (Å²) in [6, 6.07) is 10.7. The Kier molecular flexibility index (Phi) is 10.4. The van der Waals surface area contributed by atoms with Crippen molar-refractivity contribution >= 4 is 49.4 Å². The van der Waals surface area contributed by atoms with Crippen molar-refractivity contribution in [2.75, 3.05) is 34.5 Å². The van der Waals surface area contributed by atoms with E-state index in [4.69, 9.17) is 30.3 Å². The van der Waals surface area contributed by atoms with Crippen molar-refractivity contribution < 1.29 is 23.5 Å². The molecule has 0 fully saturated rings. The van der Waals surface area contributed by atoms with E-state index in [1.54, 1.807) is 45.6 Å². The molecular weight excluding hydrogens is 382 g/mol. The fourth-order valence-corrected chi connectivity index (χ4v) is 4.58. The number of carbonyl (C=O) groups excluding carboxylic acids is 1. The first-order valence-electron chi connectivity index (χ1n) is 7.97. The minimum Gasteiger partial charge on any atom is -0.497 e. The van der Waals surface area contributed by atoms with Crippen LogP contribution >= 0.6 is 19.7 Å². The van der Waals surface area contributed by atoms with Crippen LogP contribution in [0.25, 0.3) is 0 Å². The van der Waals surface area contributed by atoms with Crippen LogP contribution in [0.5, 0.6) is 11.5 Å². The molecule has 0 aliphatic carbocycles. The number of methoxy groups -OCH3 is 3. The molecule has 0 N–H and O–H groups in total. The maximum absolute atomic E-state index is 13.3. The van der Waals surface area contributed by atoms with E-state index in [2.05, 4.69) is 0 Å². The molecular formula is C19H22ClLiO5P. The number of carbonyl (C=O) groups is 1. The van der Waals surface area contributed by atoms with Crippen LogP contribution < -0.4 is 14.8 Å². The van der Waals surface area contributed by atoms with Crippen LogP contribution in [0.4, 0.5) is 0 Å². The zero-order valence-electron chi connectivity index (χ0n) is 16.2. The molecule has 0 saturated carbocycles. The first-order valence-corrected chi connectivity index (χ1v) is 9.60. The second kappa shape index (κ2) is 11.7. The van der Waals surface area contributed by atoms with E-state index < -0.39 is 8.15 Å². The molecule has 1 radical (unpaired) electrons. The van der Waals surface area contributed by atoms with Crippen LogP contribution in [0.1, 0.15) is 15.9 Å². The molecule has 0 spiro atoms. The van der Waals surface area contributed by atoms with E-state index >= 15 is 0 Å². The maximum Gasteiger partial charge on any atom is 0.218 e. The molecule has 0 aliphatic rings. The SMILES string of the molecule is COCCOP(C(=O)c1c(C)cccc1Cl)c1ccc(OC)cc1OC.[Li]. The van der Waals surface area contributed by atoms with Crippen molar-refractivity contribution in [3.05, 3.63) is 52.5 Å². The molecule has 1 atom stereocenters. The third-order valence-corrected chi connectivity index (χ3v) is 5.89. The Bertz CT molecular complexity index is 752. The number of benzene rings is 2. The van der Waals surface area contributed by atoms with E-state index in [0.717, 1.165) is 5.56 Å². The van der Waals surface area contributed by atoms with E-state index in [1.807, 2.05) is 19.1 Å². The van der Waals surface area contributed by atoms with Gasteiger partial charge in [0.2, 0.25) is 5.52 Å². The number of halogens is 1. The van der Waals surface area contributed by atoms with Crippen LogP contribution in [0, 0.1) is 6.92 Å². The van der Waals surface area contributed by atoms with Gasteiger partial charge in [-0.25, -0.2) is 0 Å². The number of ether oxygens (including phenoxy) is 3. The molecule has 2 aromatic rings. The summed E-state index contributed by atoms with van der Waals surface area (Å²) in [7, 11) is 3.04. The molecule has 0 heterocycles. The summed E-state index contributed by atoms with van der Waals surface area (Å²) in [6.45, 7) is 2.52. The summed E-state index contributed by atoms with van der Waals surface area (Å²) < 4.78 is 21.7. The van der Waals surface area contributed by atoms with E-state index in [-0.39, 0.29) is 31.0 Å². The Morgan fingerprint density at radius 3 is 2.41 bits per heavy atom. The van der Waals surface area contributed by atoms with Gasteiger partial charge in [-0.3, -0.25) is 4.79 Å². The fraction of sp³-hybridized carbons (Fsp3) is 0.316. The average molecular weight is 404 g/mol. The van der Waals surface area contributed by atoms with Crippen molar-refractivity contribution in [3.63, 3.8) is 0 Å². The molecule has 1 unspecified atom stereocenters. The minimum atomic E-state index is -1.67. The molecule has 8 heteroatoms. The summed E-state index contributed by atoms with van der Waals surface area (Å²) in [4.78, 5) is 13.3. The molecule has 141 valence electrons. The van der Waals surface area contributed by atoms with Crippen LogP contribution in [-0.2, 0) is 9.26 Å². The Balaban J connectivity index is 0.00000364. The Morgan fingerprint density at radius 1 is 1.07 bits per heavy atom. The molecule has 0 saturated heterocycles. The van der Waals surface area contributed by atoms with Crippen molar-refractivity contribution in [3.8, 4) is 11.5 Å². The summed E-state index contributed by atoms with van der Waals surface area (Å²) >= 11 is 6.30. The van der Waals surface area contributed by atoms with Crippen molar-refractivity contribution in [2.24, 2.45) is 0 Å². The molecule has 2 rings (SSSR count). The van der Waals surface area contributed by atoms with Gasteiger partial charge >= 0.3 is 0 Å². The monoisotopic (exact) mass is 403 g/mol. The molecule has 0 amide bonds. The molecule has 5 nitrogen and oxygen atoms in total. The van der Waals surface area contributed by atoms with Crippen LogP contribution in [0.2, 0.25) is 5.02 Å². The van der Waals surface area contributed by atoms with Gasteiger partial charge in [0, 0.05) is 37.6 Å². The average Bonchev–Trinajstić information content (AvgIpc) is 2.64. The Hall–Kier alpha value is -1.05. The standard InChI is InChI=1S/C19H22ClO5P.Li/c1-13-6-5-7-15(20)18(13)19(21)26(25-11-10-22-2)17-9-8-14(23-3)12-16(17)24-4;/h5-9,12H,10-11H2,1-4H3;. The van der Waals surface area contributed by atoms with Gasteiger partial charge in [-0.05, 0) is 30.7 Å². The fourth-order valence-electron chi connectivity index (χ4n) is 2.41. The third-order valence-electron chi connectivity index (χ3n) is 3.73. The van der Waals surface area contributed by atoms with Crippen LogP contribution in [0.3, 0.4) is 0 Å². The maximum atomic E-state index is 13.3. The predicted molar refractivity (Wildman–Crippen MR) is 110 cm³/mol. The van der Waals surface area contributed by atoms with Gasteiger partial charge in [0.1, 0.15) is 19.6 Å². The van der Waals surface area contributed by atoms with Crippen molar-refractivity contribution in [1.29, 1.82) is 0 Å². The van der Waals surface area contributed by atoms with Gasteiger partial charge < -0.3 is 18.7 Å². The van der Waals surface area contributed by atoms with Crippen LogP contribution in [0.15, 0.2) is 36.4 Å². The van der Waals surface area contributed by atoms with Gasteiger partial charge in [-0.2, -0.15) is 0 Å². The van der Waals surface area contributed by atoms with E-state index in [1.165, 1.54) is 0 Å². The van der Waals surface area contributed by atoms with Crippen molar-refractivity contribution in [1.82, 2.24) is 0 Å². The molecule has 0 aliphatic heterocycles.